The van der Waals surface area contributed by atoms with Crippen LogP contribution in [0.25, 0.3) is 0 Å². The minimum atomic E-state index is 0.0652. The Kier molecular flexibility index (Phi) is 1.80. The molecule has 0 bridgehead atoms. The van der Waals surface area contributed by atoms with E-state index in [4.69, 9.17) is 5.73 Å². The Morgan fingerprint density at radius 1 is 1.70 bits per heavy atom. The van der Waals surface area contributed by atoms with E-state index in [1.807, 2.05) is 0 Å². The summed E-state index contributed by atoms with van der Waals surface area (Å²) in [5.74, 6) is 0. The lowest BCUT2D eigenvalue weighted by Gasteiger charge is -2.14. The molecule has 10 heavy (non-hydrogen) atoms. The molecule has 2 amide bonds. The van der Waals surface area contributed by atoms with Gasteiger partial charge < -0.3 is 15.5 Å². The fourth-order valence-corrected chi connectivity index (χ4v) is 1.17. The molecule has 1 atom stereocenters. The molecule has 0 radical (unpaired) electrons. The highest BCUT2D eigenvalue weighted by Gasteiger charge is 2.30. The number of rotatable bonds is 1. The van der Waals surface area contributed by atoms with Crippen LogP contribution in [0, 0.1) is 0 Å². The molecule has 4 heteroatoms. The minimum Gasteiger partial charge on any atom is -0.328 e. The minimum absolute atomic E-state index is 0.0652. The maximum absolute atomic E-state index is 11.1. The highest BCUT2D eigenvalue weighted by Crippen LogP contribution is 2.09. The molecule has 1 saturated heterocycles. The topological polar surface area (TPSA) is 49.6 Å². The molecular weight excluding hydrogens is 130 g/mol. The zero-order valence-electron chi connectivity index (χ0n) is 6.37. The summed E-state index contributed by atoms with van der Waals surface area (Å²) in [6.07, 6.45) is 0. The van der Waals surface area contributed by atoms with Crippen molar-refractivity contribution in [1.82, 2.24) is 9.80 Å². The van der Waals surface area contributed by atoms with Crippen LogP contribution in [-0.4, -0.2) is 49.1 Å². The summed E-state index contributed by atoms with van der Waals surface area (Å²) in [5, 5.41) is 0. The van der Waals surface area contributed by atoms with Crippen LogP contribution in [0.1, 0.15) is 0 Å². The molecule has 1 aliphatic heterocycles. The zero-order valence-corrected chi connectivity index (χ0v) is 6.37. The molecule has 0 aromatic heterocycles. The van der Waals surface area contributed by atoms with Gasteiger partial charge >= 0.3 is 6.03 Å². The molecule has 0 aromatic carbocycles. The Bertz CT molecular complexity index is 148. The second kappa shape index (κ2) is 2.46. The summed E-state index contributed by atoms with van der Waals surface area (Å²) in [7, 11) is 3.57. The Morgan fingerprint density at radius 3 is 2.50 bits per heavy atom. The van der Waals surface area contributed by atoms with Gasteiger partial charge in [-0.25, -0.2) is 4.79 Å². The number of carbonyl (C=O) groups excluding carboxylic acids is 1. The van der Waals surface area contributed by atoms with Crippen molar-refractivity contribution >= 4 is 6.03 Å². The van der Waals surface area contributed by atoms with E-state index in [-0.39, 0.29) is 12.1 Å². The fraction of sp³-hybridized carbons (Fsp3) is 0.833. The van der Waals surface area contributed by atoms with E-state index in [0.29, 0.717) is 6.54 Å². The van der Waals surface area contributed by atoms with E-state index in [9.17, 15) is 4.79 Å². The number of amides is 2. The Labute approximate surface area is 60.6 Å². The van der Waals surface area contributed by atoms with E-state index in [0.717, 1.165) is 6.54 Å². The monoisotopic (exact) mass is 143 g/mol. The first-order chi connectivity index (χ1) is 4.66. The van der Waals surface area contributed by atoms with Gasteiger partial charge in [0.05, 0.1) is 6.04 Å². The van der Waals surface area contributed by atoms with Crippen molar-refractivity contribution in [1.29, 1.82) is 0 Å². The third kappa shape index (κ3) is 0.945. The number of nitrogens with zero attached hydrogens (tertiary/aromatic N) is 2. The number of likely N-dealkylation sites (N-methyl/N-ethyl adjacent to an activating group) is 2. The van der Waals surface area contributed by atoms with Crippen LogP contribution < -0.4 is 5.73 Å². The van der Waals surface area contributed by atoms with Gasteiger partial charge in [-0.05, 0) is 0 Å². The zero-order chi connectivity index (χ0) is 7.72. The van der Waals surface area contributed by atoms with E-state index in [2.05, 4.69) is 0 Å². The van der Waals surface area contributed by atoms with E-state index in [1.165, 1.54) is 0 Å². The second-order valence-electron chi connectivity index (χ2n) is 2.66. The maximum atomic E-state index is 11.1. The summed E-state index contributed by atoms with van der Waals surface area (Å²) in [5.41, 5.74) is 5.43. The third-order valence-corrected chi connectivity index (χ3v) is 1.93. The fourth-order valence-electron chi connectivity index (χ4n) is 1.17. The molecule has 0 spiro atoms. The summed E-state index contributed by atoms with van der Waals surface area (Å²) < 4.78 is 0. The smallest absolute Gasteiger partial charge is 0.319 e. The summed E-state index contributed by atoms with van der Waals surface area (Å²) >= 11 is 0. The van der Waals surface area contributed by atoms with Crippen molar-refractivity contribution in [3.05, 3.63) is 0 Å². The summed E-state index contributed by atoms with van der Waals surface area (Å²) in [6.45, 7) is 1.30. The number of carbonyl (C=O) groups is 1. The first kappa shape index (κ1) is 7.34. The van der Waals surface area contributed by atoms with Crippen LogP contribution >= 0.6 is 0 Å². The normalized spacial score (nSPS) is 26.3. The van der Waals surface area contributed by atoms with E-state index >= 15 is 0 Å². The van der Waals surface area contributed by atoms with Crippen molar-refractivity contribution in [3.8, 4) is 0 Å². The van der Waals surface area contributed by atoms with Crippen molar-refractivity contribution in [2.75, 3.05) is 27.2 Å². The van der Waals surface area contributed by atoms with E-state index < -0.39 is 0 Å². The summed E-state index contributed by atoms with van der Waals surface area (Å²) in [4.78, 5) is 14.4. The van der Waals surface area contributed by atoms with Crippen LogP contribution in [0.3, 0.4) is 0 Å². The first-order valence-corrected chi connectivity index (χ1v) is 3.34. The van der Waals surface area contributed by atoms with Gasteiger partial charge in [-0.1, -0.05) is 0 Å². The van der Waals surface area contributed by atoms with Crippen molar-refractivity contribution in [2.24, 2.45) is 5.73 Å². The molecule has 2 N–H and O–H groups in total. The van der Waals surface area contributed by atoms with Gasteiger partial charge in [-0.2, -0.15) is 0 Å². The van der Waals surface area contributed by atoms with Crippen LogP contribution in [0.2, 0.25) is 0 Å². The quantitative estimate of drug-likeness (QED) is 0.528. The van der Waals surface area contributed by atoms with Gasteiger partial charge in [-0.3, -0.25) is 0 Å². The standard InChI is InChI=1S/C6H13N3O/c1-8-4-5(3-7)9(2)6(8)10/h5H,3-4,7H2,1-2H3/t5-/m1/s1. The Morgan fingerprint density at radius 2 is 2.30 bits per heavy atom. The number of hydrogen-bond donors (Lipinski definition) is 1. The van der Waals surface area contributed by atoms with Crippen molar-refractivity contribution in [3.63, 3.8) is 0 Å². The van der Waals surface area contributed by atoms with Crippen LogP contribution in [0.15, 0.2) is 0 Å². The SMILES string of the molecule is CN1C[C@@H](CN)N(C)C1=O. The number of urea groups is 1. The van der Waals surface area contributed by atoms with Gasteiger partial charge in [0.25, 0.3) is 0 Å². The lowest BCUT2D eigenvalue weighted by Crippen LogP contribution is -2.35. The molecule has 1 rings (SSSR count). The highest BCUT2D eigenvalue weighted by molar-refractivity contribution is 5.76. The van der Waals surface area contributed by atoms with Crippen molar-refractivity contribution < 1.29 is 4.79 Å². The largest absolute Gasteiger partial charge is 0.328 e. The molecule has 1 aliphatic rings. The maximum Gasteiger partial charge on any atom is 0.319 e. The van der Waals surface area contributed by atoms with Gasteiger partial charge in [0, 0.05) is 27.2 Å². The Hall–Kier alpha value is -0.770. The Balaban J connectivity index is 2.61. The predicted octanol–water partition coefficient (Wildman–Crippen LogP) is -0.689. The average Bonchev–Trinajstić information content (AvgIpc) is 2.17. The number of hydrogen-bond acceptors (Lipinski definition) is 2. The lowest BCUT2D eigenvalue weighted by atomic mass is 10.3. The molecule has 0 aliphatic carbocycles. The van der Waals surface area contributed by atoms with Crippen molar-refractivity contribution in [2.45, 2.75) is 6.04 Å². The van der Waals surface area contributed by atoms with Gasteiger partial charge in [-0.15, -0.1) is 0 Å². The summed E-state index contributed by atoms with van der Waals surface area (Å²) in [6, 6.07) is 0.271. The van der Waals surface area contributed by atoms with Gasteiger partial charge in [0.2, 0.25) is 0 Å². The van der Waals surface area contributed by atoms with E-state index in [1.54, 1.807) is 23.9 Å². The molecule has 1 fully saturated rings. The average molecular weight is 143 g/mol. The molecule has 1 heterocycles. The molecule has 0 saturated carbocycles. The molecule has 0 unspecified atom stereocenters. The first-order valence-electron chi connectivity index (χ1n) is 3.34. The second-order valence-corrected chi connectivity index (χ2v) is 2.66. The molecular formula is C6H13N3O. The van der Waals surface area contributed by atoms with Crippen LogP contribution in [0.5, 0.6) is 0 Å². The number of nitrogens with two attached hydrogens (primary N) is 1. The predicted molar refractivity (Wildman–Crippen MR) is 38.6 cm³/mol. The molecule has 0 aromatic rings. The van der Waals surface area contributed by atoms with Crippen LogP contribution in [0.4, 0.5) is 4.79 Å². The molecule has 4 nitrogen and oxygen atoms in total. The van der Waals surface area contributed by atoms with Gasteiger partial charge in [0.15, 0.2) is 0 Å². The van der Waals surface area contributed by atoms with Crippen LogP contribution in [-0.2, 0) is 0 Å². The third-order valence-electron chi connectivity index (χ3n) is 1.93. The lowest BCUT2D eigenvalue weighted by molar-refractivity contribution is 0.201. The highest BCUT2D eigenvalue weighted by atomic mass is 16.2. The molecule has 58 valence electrons. The van der Waals surface area contributed by atoms with Gasteiger partial charge in [0.1, 0.15) is 0 Å².